The Morgan fingerprint density at radius 3 is 2.60 bits per heavy atom. The molecule has 1 unspecified atom stereocenters. The van der Waals surface area contributed by atoms with E-state index >= 15 is 0 Å². The van der Waals surface area contributed by atoms with E-state index in [2.05, 4.69) is 10.2 Å². The summed E-state index contributed by atoms with van der Waals surface area (Å²) in [5.41, 5.74) is 0.905. The highest BCUT2D eigenvalue weighted by molar-refractivity contribution is 5.90. The summed E-state index contributed by atoms with van der Waals surface area (Å²) in [6.45, 7) is 6.43. The molecule has 166 valence electrons. The minimum atomic E-state index is -0.340. The molecule has 0 aliphatic carbocycles. The zero-order valence-corrected chi connectivity index (χ0v) is 18.4. The third kappa shape index (κ3) is 5.41. The molecular weight excluding hydrogens is 385 g/mol. The number of benzene rings is 1. The van der Waals surface area contributed by atoms with Crippen LogP contribution in [0.2, 0.25) is 0 Å². The Kier molecular flexibility index (Phi) is 7.53. The van der Waals surface area contributed by atoms with Crippen molar-refractivity contribution >= 4 is 17.7 Å². The first-order valence-electron chi connectivity index (χ1n) is 10.9. The van der Waals surface area contributed by atoms with Crippen LogP contribution in [0.3, 0.4) is 0 Å². The van der Waals surface area contributed by atoms with Gasteiger partial charge in [0.15, 0.2) is 0 Å². The number of piperidine rings is 1. The summed E-state index contributed by atoms with van der Waals surface area (Å²) in [6, 6.07) is 4.39. The average Bonchev–Trinajstić information content (AvgIpc) is 3.22. The molecule has 2 fully saturated rings. The summed E-state index contributed by atoms with van der Waals surface area (Å²) in [7, 11) is 3.53. The molecule has 8 heteroatoms. The Hall–Kier alpha value is -2.35. The third-order valence-corrected chi connectivity index (χ3v) is 6.13. The standard InChI is InChI=1S/C22H34FN5O2/c1-17-19(23)8-7-9-20(17)24-21(29)27-13-10-18(16-27)28(22(30)25(2)3)15-14-26-11-5-4-6-12-26/h7-9,18H,4-6,10-16H2,1-3H3,(H,24,29). The fourth-order valence-corrected chi connectivity index (χ4v) is 4.24. The van der Waals surface area contributed by atoms with Gasteiger partial charge in [0, 0.05) is 51.5 Å². The molecule has 1 aromatic rings. The van der Waals surface area contributed by atoms with Gasteiger partial charge in [-0.05, 0) is 51.4 Å². The van der Waals surface area contributed by atoms with Gasteiger partial charge in [-0.1, -0.05) is 12.5 Å². The second-order valence-electron chi connectivity index (χ2n) is 8.50. The summed E-state index contributed by atoms with van der Waals surface area (Å²) < 4.78 is 13.8. The molecule has 2 heterocycles. The lowest BCUT2D eigenvalue weighted by Crippen LogP contribution is -2.50. The van der Waals surface area contributed by atoms with E-state index in [0.29, 0.717) is 30.9 Å². The number of likely N-dealkylation sites (tertiary alicyclic amines) is 2. The number of carbonyl (C=O) groups excluding carboxylic acids is 2. The third-order valence-electron chi connectivity index (χ3n) is 6.13. The van der Waals surface area contributed by atoms with Gasteiger partial charge in [-0.3, -0.25) is 0 Å². The van der Waals surface area contributed by atoms with Crippen molar-refractivity contribution in [3.05, 3.63) is 29.6 Å². The van der Waals surface area contributed by atoms with Gasteiger partial charge in [0.1, 0.15) is 5.82 Å². The first-order valence-corrected chi connectivity index (χ1v) is 10.9. The smallest absolute Gasteiger partial charge is 0.321 e. The molecule has 0 spiro atoms. The van der Waals surface area contributed by atoms with Crippen molar-refractivity contribution in [2.24, 2.45) is 0 Å². The Morgan fingerprint density at radius 1 is 1.17 bits per heavy atom. The van der Waals surface area contributed by atoms with Gasteiger partial charge >= 0.3 is 12.1 Å². The van der Waals surface area contributed by atoms with E-state index in [4.69, 9.17) is 0 Å². The highest BCUT2D eigenvalue weighted by Crippen LogP contribution is 2.21. The minimum Gasteiger partial charge on any atom is -0.331 e. The van der Waals surface area contributed by atoms with Crippen molar-refractivity contribution in [2.45, 2.75) is 38.6 Å². The number of urea groups is 2. The molecular formula is C22H34FN5O2. The number of halogens is 1. The fourth-order valence-electron chi connectivity index (χ4n) is 4.24. The van der Waals surface area contributed by atoms with Crippen LogP contribution in [0.4, 0.5) is 19.7 Å². The van der Waals surface area contributed by atoms with Gasteiger partial charge in [0.25, 0.3) is 0 Å². The number of hydrogen-bond acceptors (Lipinski definition) is 3. The predicted molar refractivity (Wildman–Crippen MR) is 116 cm³/mol. The van der Waals surface area contributed by atoms with Gasteiger partial charge in [-0.25, -0.2) is 14.0 Å². The van der Waals surface area contributed by atoms with Gasteiger partial charge in [0.2, 0.25) is 0 Å². The molecule has 2 aliphatic rings. The molecule has 0 aromatic heterocycles. The molecule has 30 heavy (non-hydrogen) atoms. The van der Waals surface area contributed by atoms with E-state index in [-0.39, 0.29) is 23.9 Å². The van der Waals surface area contributed by atoms with Gasteiger partial charge in [-0.2, -0.15) is 0 Å². The van der Waals surface area contributed by atoms with Crippen molar-refractivity contribution in [1.82, 2.24) is 19.6 Å². The van der Waals surface area contributed by atoms with Crippen molar-refractivity contribution in [3.8, 4) is 0 Å². The predicted octanol–water partition coefficient (Wildman–Crippen LogP) is 3.21. The second kappa shape index (κ2) is 10.1. The van der Waals surface area contributed by atoms with E-state index < -0.39 is 0 Å². The number of amides is 4. The molecule has 2 saturated heterocycles. The lowest BCUT2D eigenvalue weighted by atomic mass is 10.1. The maximum atomic E-state index is 13.8. The number of carbonyl (C=O) groups is 2. The molecule has 1 aromatic carbocycles. The van der Waals surface area contributed by atoms with E-state index in [1.54, 1.807) is 43.0 Å². The van der Waals surface area contributed by atoms with E-state index in [9.17, 15) is 14.0 Å². The summed E-state index contributed by atoms with van der Waals surface area (Å²) in [5.74, 6) is -0.340. The van der Waals surface area contributed by atoms with Crippen LogP contribution in [0.25, 0.3) is 0 Å². The second-order valence-corrected chi connectivity index (χ2v) is 8.50. The lowest BCUT2D eigenvalue weighted by Gasteiger charge is -2.34. The number of rotatable bonds is 5. The largest absolute Gasteiger partial charge is 0.331 e. The Labute approximate surface area is 178 Å². The zero-order chi connectivity index (χ0) is 21.7. The molecule has 0 bridgehead atoms. The average molecular weight is 420 g/mol. The molecule has 0 saturated carbocycles. The molecule has 2 aliphatic heterocycles. The quantitative estimate of drug-likeness (QED) is 0.797. The topological polar surface area (TPSA) is 59.1 Å². The maximum absolute atomic E-state index is 13.8. The molecule has 0 radical (unpaired) electrons. The molecule has 7 nitrogen and oxygen atoms in total. The minimum absolute atomic E-state index is 0.0101. The fraction of sp³-hybridized carbons (Fsp3) is 0.636. The van der Waals surface area contributed by atoms with Crippen LogP contribution >= 0.6 is 0 Å². The highest BCUT2D eigenvalue weighted by Gasteiger charge is 2.34. The molecule has 1 N–H and O–H groups in total. The van der Waals surface area contributed by atoms with Gasteiger partial charge in [0.05, 0.1) is 6.04 Å². The summed E-state index contributed by atoms with van der Waals surface area (Å²) in [4.78, 5) is 33.2. The SMILES string of the molecule is Cc1c(F)cccc1NC(=O)N1CCC(N(CCN2CCCCC2)C(=O)N(C)C)C1. The Balaban J connectivity index is 1.60. The summed E-state index contributed by atoms with van der Waals surface area (Å²) in [5, 5.41) is 2.81. The van der Waals surface area contributed by atoms with Gasteiger partial charge < -0.3 is 24.9 Å². The number of hydrogen-bond donors (Lipinski definition) is 1. The van der Waals surface area contributed by atoms with Crippen molar-refractivity contribution in [1.29, 1.82) is 0 Å². The molecule has 4 amide bonds. The first-order chi connectivity index (χ1) is 14.4. The Bertz CT molecular complexity index is 751. The normalized spacial score (nSPS) is 19.6. The van der Waals surface area contributed by atoms with Crippen LogP contribution in [0.15, 0.2) is 18.2 Å². The van der Waals surface area contributed by atoms with Crippen LogP contribution in [0.5, 0.6) is 0 Å². The molecule has 1 atom stereocenters. The number of anilines is 1. The monoisotopic (exact) mass is 419 g/mol. The highest BCUT2D eigenvalue weighted by atomic mass is 19.1. The van der Waals surface area contributed by atoms with Crippen LogP contribution in [0.1, 0.15) is 31.2 Å². The van der Waals surface area contributed by atoms with Crippen molar-refractivity contribution in [2.75, 3.05) is 58.7 Å². The van der Waals surface area contributed by atoms with Crippen LogP contribution in [-0.4, -0.2) is 91.1 Å². The lowest BCUT2D eigenvalue weighted by molar-refractivity contribution is 0.132. The van der Waals surface area contributed by atoms with Crippen molar-refractivity contribution in [3.63, 3.8) is 0 Å². The molecule has 3 rings (SSSR count). The van der Waals surface area contributed by atoms with Gasteiger partial charge in [-0.15, -0.1) is 0 Å². The first kappa shape index (κ1) is 22.3. The van der Waals surface area contributed by atoms with E-state index in [0.717, 1.165) is 26.1 Å². The van der Waals surface area contributed by atoms with Crippen molar-refractivity contribution < 1.29 is 14.0 Å². The summed E-state index contributed by atoms with van der Waals surface area (Å²) in [6.07, 6.45) is 4.47. The van der Waals surface area contributed by atoms with Crippen LogP contribution in [0, 0.1) is 12.7 Å². The number of nitrogens with one attached hydrogen (secondary N) is 1. The van der Waals surface area contributed by atoms with E-state index in [1.807, 2.05) is 4.90 Å². The van der Waals surface area contributed by atoms with Crippen LogP contribution < -0.4 is 5.32 Å². The maximum Gasteiger partial charge on any atom is 0.321 e. The van der Waals surface area contributed by atoms with E-state index in [1.165, 1.54) is 25.3 Å². The summed E-state index contributed by atoms with van der Waals surface area (Å²) >= 11 is 0. The zero-order valence-electron chi connectivity index (χ0n) is 18.4. The van der Waals surface area contributed by atoms with Crippen LogP contribution in [-0.2, 0) is 0 Å². The Morgan fingerprint density at radius 2 is 1.90 bits per heavy atom. The number of nitrogens with zero attached hydrogens (tertiary/aromatic N) is 4.